The summed E-state index contributed by atoms with van der Waals surface area (Å²) >= 11 is 0. The lowest BCUT2D eigenvalue weighted by molar-refractivity contribution is 0.332. The normalized spacial score (nSPS) is 14.6. The summed E-state index contributed by atoms with van der Waals surface area (Å²) < 4.78 is 7.08. The molecule has 0 atom stereocenters. The number of hydrogen-bond donors (Lipinski definition) is 0. The topological polar surface area (TPSA) is 53.5 Å². The molecule has 0 radical (unpaired) electrons. The largest absolute Gasteiger partial charge is 0.309 e. The molecule has 6 heteroatoms. The maximum absolute atomic E-state index is 5.47. The minimum atomic E-state index is 0.00269. The lowest BCUT2D eigenvalue weighted by Crippen LogP contribution is -2.33. The van der Waals surface area contributed by atoms with Gasteiger partial charge in [0.25, 0.3) is 0 Å². The van der Waals surface area contributed by atoms with E-state index in [1.165, 1.54) is 65.5 Å². The van der Waals surface area contributed by atoms with Crippen molar-refractivity contribution in [3.05, 3.63) is 193 Å². The zero-order chi connectivity index (χ0) is 43.6. The van der Waals surface area contributed by atoms with Crippen LogP contribution in [0.5, 0.6) is 0 Å². The van der Waals surface area contributed by atoms with Gasteiger partial charge in [-0.15, -0.1) is 0 Å². The third kappa shape index (κ3) is 5.69. The minimum Gasteiger partial charge on any atom is -0.309 e. The Kier molecular flexibility index (Phi) is 8.02. The Morgan fingerprint density at radius 3 is 1.32 bits per heavy atom. The Hall–Kier alpha value is -7.83. The number of aromatic nitrogens is 6. The fourth-order valence-corrected chi connectivity index (χ4v) is 10.9. The number of para-hydroxylation sites is 4. The third-order valence-corrected chi connectivity index (χ3v) is 14.4. The molecule has 4 heterocycles. The highest BCUT2D eigenvalue weighted by atomic mass is 15.2. The summed E-state index contributed by atoms with van der Waals surface area (Å²) in [7, 11) is 0. The first-order valence-corrected chi connectivity index (χ1v) is 22.7. The second kappa shape index (κ2) is 13.8. The number of rotatable bonds is 5. The molecule has 0 amide bonds. The first-order chi connectivity index (χ1) is 31.7. The molecule has 1 aliphatic rings. The summed E-state index contributed by atoms with van der Waals surface area (Å²) in [6.07, 6.45) is 2.25. The van der Waals surface area contributed by atoms with E-state index in [4.69, 9.17) is 15.0 Å². The molecule has 65 heavy (non-hydrogen) atoms. The molecule has 0 aliphatic heterocycles. The SMILES string of the molecule is CC1(C)CCC(C)(C)c2cc3c(cc21)c1cc2c(cc1n3-c1nc(-c3ccccc3)nc(-c3ccc(-n4c5ccccc5c5ccccc54)cc3)n1)c1ccccc1n2-c1ccccc1. The van der Waals surface area contributed by atoms with Gasteiger partial charge in [0.1, 0.15) is 0 Å². The van der Waals surface area contributed by atoms with E-state index in [0.717, 1.165) is 46.4 Å². The van der Waals surface area contributed by atoms with Gasteiger partial charge in [-0.3, -0.25) is 4.57 Å². The van der Waals surface area contributed by atoms with E-state index in [0.29, 0.717) is 17.6 Å². The van der Waals surface area contributed by atoms with E-state index in [9.17, 15) is 0 Å². The van der Waals surface area contributed by atoms with Crippen LogP contribution in [0.1, 0.15) is 51.7 Å². The summed E-state index contributed by atoms with van der Waals surface area (Å²) in [5.41, 5.74) is 13.8. The van der Waals surface area contributed by atoms with Crippen LogP contribution in [0.25, 0.3) is 106 Å². The van der Waals surface area contributed by atoms with Crippen molar-refractivity contribution >= 4 is 65.4 Å². The summed E-state index contributed by atoms with van der Waals surface area (Å²) in [6.45, 7) is 9.63. The molecule has 0 N–H and O–H groups in total. The van der Waals surface area contributed by atoms with Crippen LogP contribution in [0.4, 0.5) is 0 Å². The van der Waals surface area contributed by atoms with Gasteiger partial charge >= 0.3 is 0 Å². The van der Waals surface area contributed by atoms with Crippen LogP contribution >= 0.6 is 0 Å². The van der Waals surface area contributed by atoms with Gasteiger partial charge in [0.15, 0.2) is 11.6 Å². The second-order valence-corrected chi connectivity index (χ2v) is 19.2. The highest BCUT2D eigenvalue weighted by Crippen LogP contribution is 2.49. The van der Waals surface area contributed by atoms with Crippen molar-refractivity contribution in [3.8, 4) is 40.1 Å². The molecule has 1 aliphatic carbocycles. The van der Waals surface area contributed by atoms with E-state index in [1.807, 2.05) is 6.07 Å². The van der Waals surface area contributed by atoms with Crippen molar-refractivity contribution in [2.45, 2.75) is 51.4 Å². The van der Waals surface area contributed by atoms with Crippen molar-refractivity contribution in [2.24, 2.45) is 0 Å². The Morgan fingerprint density at radius 1 is 0.338 bits per heavy atom. The van der Waals surface area contributed by atoms with Crippen molar-refractivity contribution in [3.63, 3.8) is 0 Å². The lowest BCUT2D eigenvalue weighted by atomic mass is 9.63. The van der Waals surface area contributed by atoms with Gasteiger partial charge in [-0.1, -0.05) is 131 Å². The average molecular weight is 839 g/mol. The van der Waals surface area contributed by atoms with Crippen LogP contribution in [-0.2, 0) is 10.8 Å². The number of benzene rings is 8. The van der Waals surface area contributed by atoms with Crippen molar-refractivity contribution < 1.29 is 0 Å². The zero-order valence-corrected chi connectivity index (χ0v) is 36.9. The first-order valence-electron chi connectivity index (χ1n) is 22.7. The maximum atomic E-state index is 5.47. The van der Waals surface area contributed by atoms with E-state index in [1.54, 1.807) is 0 Å². The van der Waals surface area contributed by atoms with Gasteiger partial charge in [-0.25, -0.2) is 4.98 Å². The zero-order valence-electron chi connectivity index (χ0n) is 36.9. The van der Waals surface area contributed by atoms with Crippen LogP contribution in [0.2, 0.25) is 0 Å². The van der Waals surface area contributed by atoms with Gasteiger partial charge in [0, 0.05) is 54.8 Å². The Bertz CT molecular complexity index is 3810. The lowest BCUT2D eigenvalue weighted by Gasteiger charge is -2.42. The molecule has 4 aromatic heterocycles. The first kappa shape index (κ1) is 37.7. The van der Waals surface area contributed by atoms with Crippen LogP contribution in [0.15, 0.2) is 182 Å². The van der Waals surface area contributed by atoms with Crippen molar-refractivity contribution in [2.75, 3.05) is 0 Å². The summed E-state index contributed by atoms with van der Waals surface area (Å²) in [5, 5.41) is 7.25. The van der Waals surface area contributed by atoms with Crippen molar-refractivity contribution in [1.82, 2.24) is 28.7 Å². The summed E-state index contributed by atoms with van der Waals surface area (Å²) in [4.78, 5) is 16.1. The fraction of sp³-hybridized carbons (Fsp3) is 0.136. The molecule has 8 aromatic carbocycles. The Morgan fingerprint density at radius 2 is 0.738 bits per heavy atom. The molecular formula is C59H46N6. The molecule has 13 rings (SSSR count). The van der Waals surface area contributed by atoms with Crippen LogP contribution < -0.4 is 0 Å². The van der Waals surface area contributed by atoms with E-state index in [2.05, 4.69) is 217 Å². The summed E-state index contributed by atoms with van der Waals surface area (Å²) in [6, 6.07) is 65.5. The molecule has 6 nitrogen and oxygen atoms in total. The smallest absolute Gasteiger partial charge is 0.238 e. The van der Waals surface area contributed by atoms with Gasteiger partial charge in [0.05, 0.1) is 33.1 Å². The number of fused-ring (bicyclic) bond motifs is 10. The van der Waals surface area contributed by atoms with Gasteiger partial charge < -0.3 is 9.13 Å². The monoisotopic (exact) mass is 838 g/mol. The van der Waals surface area contributed by atoms with E-state index < -0.39 is 0 Å². The summed E-state index contributed by atoms with van der Waals surface area (Å²) in [5.74, 6) is 1.85. The van der Waals surface area contributed by atoms with Crippen LogP contribution in [0.3, 0.4) is 0 Å². The quantitative estimate of drug-likeness (QED) is 0.173. The third-order valence-electron chi connectivity index (χ3n) is 14.4. The Balaban J connectivity index is 1.09. The molecule has 12 aromatic rings. The standard InChI is InChI=1S/C59H46N6/c1-58(2)31-32-59(3,4)48-36-54-44(33-47(48)58)46-35-52-45(43-23-13-16-26-51(43)64(52)39-19-9-6-10-20-39)34-53(46)65(54)57-61-55(37-17-7-5-8-18-37)60-56(62-57)38-27-29-40(30-28-38)63-49-24-14-11-21-41(49)42-22-12-15-25-50(42)63/h5-30,33-36H,31-32H2,1-4H3. The molecule has 0 saturated carbocycles. The predicted molar refractivity (Wildman–Crippen MR) is 269 cm³/mol. The fourth-order valence-electron chi connectivity index (χ4n) is 10.9. The van der Waals surface area contributed by atoms with E-state index >= 15 is 0 Å². The molecule has 0 unspecified atom stereocenters. The van der Waals surface area contributed by atoms with E-state index in [-0.39, 0.29) is 10.8 Å². The maximum Gasteiger partial charge on any atom is 0.238 e. The molecular weight excluding hydrogens is 793 g/mol. The van der Waals surface area contributed by atoms with Gasteiger partial charge in [0.2, 0.25) is 5.95 Å². The average Bonchev–Trinajstić information content (AvgIpc) is 3.97. The van der Waals surface area contributed by atoms with Crippen molar-refractivity contribution in [1.29, 1.82) is 0 Å². The Labute approximate surface area is 377 Å². The van der Waals surface area contributed by atoms with Gasteiger partial charge in [-0.05, 0) is 114 Å². The van der Waals surface area contributed by atoms with Crippen LogP contribution in [-0.4, -0.2) is 28.7 Å². The minimum absolute atomic E-state index is 0.00269. The number of hydrogen-bond acceptors (Lipinski definition) is 3. The highest BCUT2D eigenvalue weighted by Gasteiger charge is 2.38. The number of nitrogens with zero attached hydrogens (tertiary/aromatic N) is 6. The molecule has 312 valence electrons. The molecule has 0 bridgehead atoms. The predicted octanol–water partition coefficient (Wildman–Crippen LogP) is 14.8. The molecule has 0 spiro atoms. The second-order valence-electron chi connectivity index (χ2n) is 19.2. The molecule has 0 saturated heterocycles. The van der Waals surface area contributed by atoms with Crippen LogP contribution in [0, 0.1) is 0 Å². The highest BCUT2D eigenvalue weighted by molar-refractivity contribution is 6.19. The molecule has 0 fully saturated rings. The van der Waals surface area contributed by atoms with Gasteiger partial charge in [-0.2, -0.15) is 9.97 Å².